The van der Waals surface area contributed by atoms with E-state index >= 15 is 0 Å². The maximum absolute atomic E-state index is 5.57. The van der Waals surface area contributed by atoms with Gasteiger partial charge in [-0.2, -0.15) is 4.52 Å². The van der Waals surface area contributed by atoms with Gasteiger partial charge in [0.2, 0.25) is 11.8 Å². The lowest BCUT2D eigenvalue weighted by Gasteiger charge is -2.29. The third-order valence-electron chi connectivity index (χ3n) is 6.11. The molecule has 31 heavy (non-hydrogen) atoms. The summed E-state index contributed by atoms with van der Waals surface area (Å²) < 4.78 is 7.46. The van der Waals surface area contributed by atoms with Crippen LogP contribution in [-0.4, -0.2) is 44.1 Å². The van der Waals surface area contributed by atoms with Crippen LogP contribution in [0.15, 0.2) is 65.4 Å². The van der Waals surface area contributed by atoms with Gasteiger partial charge in [-0.15, -0.1) is 5.10 Å². The molecule has 7 heteroatoms. The summed E-state index contributed by atoms with van der Waals surface area (Å²) in [5.74, 6) is 2.10. The molecule has 0 radical (unpaired) electrons. The van der Waals surface area contributed by atoms with E-state index in [9.17, 15) is 0 Å². The normalized spacial score (nSPS) is 16.7. The van der Waals surface area contributed by atoms with E-state index in [-0.39, 0.29) is 0 Å². The second-order valence-electron chi connectivity index (χ2n) is 8.17. The predicted octanol–water partition coefficient (Wildman–Crippen LogP) is 3.71. The van der Waals surface area contributed by atoms with E-state index in [0.717, 1.165) is 62.7 Å². The molecule has 3 aromatic heterocycles. The summed E-state index contributed by atoms with van der Waals surface area (Å²) in [6.45, 7) is 4.53. The fraction of sp³-hybridized carbons (Fsp3) is 0.292. The maximum atomic E-state index is 5.57. The number of furan rings is 1. The lowest BCUT2D eigenvalue weighted by molar-refractivity contribution is 0.246. The van der Waals surface area contributed by atoms with E-state index in [1.807, 2.05) is 22.8 Å². The van der Waals surface area contributed by atoms with Crippen LogP contribution in [0.2, 0.25) is 0 Å². The SMILES string of the molecule is C1=CCN(c2ncc(CN3CCc4ccccc4C3)c3nc(-c4ccco4)nn23)CC1. The smallest absolute Gasteiger partial charge is 0.228 e. The van der Waals surface area contributed by atoms with Crippen molar-refractivity contribution in [1.29, 1.82) is 0 Å². The molecule has 156 valence electrons. The van der Waals surface area contributed by atoms with Crippen LogP contribution in [0.3, 0.4) is 0 Å². The Kier molecular flexibility index (Phi) is 4.53. The first-order valence-electron chi connectivity index (χ1n) is 10.8. The lowest BCUT2D eigenvalue weighted by atomic mass is 10.00. The third-order valence-corrected chi connectivity index (χ3v) is 6.11. The molecule has 0 bridgehead atoms. The van der Waals surface area contributed by atoms with E-state index in [0.29, 0.717) is 11.6 Å². The van der Waals surface area contributed by atoms with Gasteiger partial charge in [0.1, 0.15) is 0 Å². The molecule has 0 aliphatic carbocycles. The van der Waals surface area contributed by atoms with Crippen molar-refractivity contribution in [2.45, 2.75) is 25.9 Å². The number of hydrogen-bond acceptors (Lipinski definition) is 6. The Hall–Kier alpha value is -3.45. The molecule has 0 fully saturated rings. The number of fused-ring (bicyclic) bond motifs is 2. The minimum absolute atomic E-state index is 0.594. The highest BCUT2D eigenvalue weighted by Crippen LogP contribution is 2.25. The molecule has 0 unspecified atom stereocenters. The Labute approximate surface area is 180 Å². The Morgan fingerprint density at radius 3 is 2.77 bits per heavy atom. The highest BCUT2D eigenvalue weighted by atomic mass is 16.3. The number of aromatic nitrogens is 4. The molecule has 0 saturated heterocycles. The number of anilines is 1. The molecule has 4 aromatic rings. The largest absolute Gasteiger partial charge is 0.461 e. The lowest BCUT2D eigenvalue weighted by Crippen LogP contribution is -2.31. The number of rotatable bonds is 4. The first-order chi connectivity index (χ1) is 15.3. The van der Waals surface area contributed by atoms with E-state index in [1.54, 1.807) is 6.26 Å². The quantitative estimate of drug-likeness (QED) is 0.476. The number of benzene rings is 1. The van der Waals surface area contributed by atoms with Gasteiger partial charge in [-0.05, 0) is 36.1 Å². The van der Waals surface area contributed by atoms with Crippen LogP contribution in [0.1, 0.15) is 23.1 Å². The third kappa shape index (κ3) is 3.41. The number of nitrogens with zero attached hydrogens (tertiary/aromatic N) is 6. The molecule has 5 heterocycles. The fourth-order valence-electron chi connectivity index (χ4n) is 4.50. The summed E-state index contributed by atoms with van der Waals surface area (Å²) in [5, 5.41) is 4.79. The Morgan fingerprint density at radius 1 is 1.00 bits per heavy atom. The molecule has 0 spiro atoms. The Balaban J connectivity index is 1.38. The number of hydrogen-bond donors (Lipinski definition) is 0. The summed E-state index contributed by atoms with van der Waals surface area (Å²) >= 11 is 0. The Morgan fingerprint density at radius 2 is 1.94 bits per heavy atom. The average Bonchev–Trinajstić information content (AvgIpc) is 3.50. The molecular formula is C24H24N6O. The molecule has 0 atom stereocenters. The molecule has 0 saturated carbocycles. The minimum Gasteiger partial charge on any atom is -0.461 e. The van der Waals surface area contributed by atoms with Gasteiger partial charge in [0, 0.05) is 44.5 Å². The summed E-state index contributed by atoms with van der Waals surface area (Å²) in [7, 11) is 0. The summed E-state index contributed by atoms with van der Waals surface area (Å²) in [5.41, 5.74) is 4.80. The van der Waals surface area contributed by atoms with Gasteiger partial charge >= 0.3 is 0 Å². The van der Waals surface area contributed by atoms with Gasteiger partial charge < -0.3 is 9.32 Å². The molecule has 0 N–H and O–H groups in total. The summed E-state index contributed by atoms with van der Waals surface area (Å²) in [6, 6.07) is 12.5. The van der Waals surface area contributed by atoms with Crippen LogP contribution in [0.5, 0.6) is 0 Å². The van der Waals surface area contributed by atoms with Gasteiger partial charge in [0.05, 0.1) is 6.26 Å². The van der Waals surface area contributed by atoms with E-state index < -0.39 is 0 Å². The maximum Gasteiger partial charge on any atom is 0.228 e. The first-order valence-corrected chi connectivity index (χ1v) is 10.8. The fourth-order valence-corrected chi connectivity index (χ4v) is 4.50. The monoisotopic (exact) mass is 412 g/mol. The van der Waals surface area contributed by atoms with Crippen molar-refractivity contribution in [3.05, 3.63) is 77.7 Å². The van der Waals surface area contributed by atoms with Crippen molar-refractivity contribution < 1.29 is 4.42 Å². The standard InChI is InChI=1S/C24H24N6O/c1-4-11-29(12-5-1)24-25-15-20(17-28-13-10-18-7-2-3-8-19(18)16-28)23-26-22(27-30(23)24)21-9-6-14-31-21/h1-4,6-9,14-15H,5,10-13,16-17H2. The second kappa shape index (κ2) is 7.67. The van der Waals surface area contributed by atoms with Gasteiger partial charge in [-0.3, -0.25) is 4.90 Å². The molecular weight excluding hydrogens is 388 g/mol. The van der Waals surface area contributed by atoms with Crippen LogP contribution >= 0.6 is 0 Å². The van der Waals surface area contributed by atoms with Crippen molar-refractivity contribution in [2.24, 2.45) is 0 Å². The molecule has 6 rings (SSSR count). The average molecular weight is 412 g/mol. The van der Waals surface area contributed by atoms with Crippen molar-refractivity contribution in [1.82, 2.24) is 24.5 Å². The van der Waals surface area contributed by atoms with Gasteiger partial charge in [0.25, 0.3) is 0 Å². The summed E-state index contributed by atoms with van der Waals surface area (Å²) in [4.78, 5) is 14.4. The van der Waals surface area contributed by atoms with Crippen LogP contribution in [-0.2, 0) is 19.5 Å². The van der Waals surface area contributed by atoms with Crippen LogP contribution in [0.25, 0.3) is 17.2 Å². The van der Waals surface area contributed by atoms with Crippen molar-refractivity contribution in [3.63, 3.8) is 0 Å². The predicted molar refractivity (Wildman–Crippen MR) is 119 cm³/mol. The van der Waals surface area contributed by atoms with Crippen LogP contribution < -0.4 is 4.90 Å². The Bertz CT molecular complexity index is 1240. The molecule has 2 aliphatic rings. The van der Waals surface area contributed by atoms with E-state index in [2.05, 4.69) is 46.2 Å². The van der Waals surface area contributed by atoms with Crippen molar-refractivity contribution >= 4 is 11.6 Å². The van der Waals surface area contributed by atoms with Crippen molar-refractivity contribution in [2.75, 3.05) is 24.5 Å². The van der Waals surface area contributed by atoms with E-state index in [1.165, 1.54) is 11.1 Å². The van der Waals surface area contributed by atoms with Crippen LogP contribution in [0, 0.1) is 0 Å². The topological polar surface area (TPSA) is 62.7 Å². The highest BCUT2D eigenvalue weighted by Gasteiger charge is 2.22. The van der Waals surface area contributed by atoms with Crippen molar-refractivity contribution in [3.8, 4) is 11.6 Å². The van der Waals surface area contributed by atoms with Gasteiger partial charge in [0.15, 0.2) is 11.4 Å². The van der Waals surface area contributed by atoms with Gasteiger partial charge in [-0.1, -0.05) is 36.4 Å². The zero-order valence-electron chi connectivity index (χ0n) is 17.3. The van der Waals surface area contributed by atoms with E-state index in [4.69, 9.17) is 19.5 Å². The minimum atomic E-state index is 0.594. The zero-order valence-corrected chi connectivity index (χ0v) is 17.3. The van der Waals surface area contributed by atoms with Gasteiger partial charge in [-0.25, -0.2) is 9.97 Å². The molecule has 7 nitrogen and oxygen atoms in total. The summed E-state index contributed by atoms with van der Waals surface area (Å²) in [6.07, 6.45) is 10.1. The second-order valence-corrected chi connectivity index (χ2v) is 8.17. The highest BCUT2D eigenvalue weighted by molar-refractivity contribution is 5.58. The molecule has 1 aromatic carbocycles. The molecule has 0 amide bonds. The molecule has 2 aliphatic heterocycles. The first kappa shape index (κ1) is 18.3. The van der Waals surface area contributed by atoms with Crippen LogP contribution in [0.4, 0.5) is 5.95 Å². The zero-order chi connectivity index (χ0) is 20.6.